The van der Waals surface area contributed by atoms with Crippen LogP contribution in [0.5, 0.6) is 0 Å². The highest BCUT2D eigenvalue weighted by Gasteiger charge is 2.06. The standard InChI is InChI=1S/C12H18N4O/c1-8-6-5-7-9(2)10(8)14-11(13)15-12(17)16(3)4/h5-7H,1-4H3,(H3,13,14,15,17). The minimum Gasteiger partial charge on any atom is -0.369 e. The van der Waals surface area contributed by atoms with E-state index in [-0.39, 0.29) is 12.0 Å². The molecule has 0 aromatic heterocycles. The number of nitrogens with zero attached hydrogens (tertiary/aromatic N) is 2. The first kappa shape index (κ1) is 13.0. The van der Waals surface area contributed by atoms with Crippen LogP contribution in [0.2, 0.25) is 0 Å². The van der Waals surface area contributed by atoms with Gasteiger partial charge in [0.05, 0.1) is 5.69 Å². The largest absolute Gasteiger partial charge is 0.369 e. The Bertz CT molecular complexity index is 432. The van der Waals surface area contributed by atoms with Gasteiger partial charge in [-0.05, 0) is 25.0 Å². The summed E-state index contributed by atoms with van der Waals surface area (Å²) >= 11 is 0. The average molecular weight is 234 g/mol. The van der Waals surface area contributed by atoms with E-state index in [2.05, 4.69) is 10.3 Å². The molecule has 3 N–H and O–H groups in total. The number of aliphatic imine (C=N–C) groups is 1. The number of carbonyl (C=O) groups excluding carboxylic acids is 1. The van der Waals surface area contributed by atoms with Gasteiger partial charge in [0, 0.05) is 14.1 Å². The maximum Gasteiger partial charge on any atom is 0.323 e. The topological polar surface area (TPSA) is 70.7 Å². The quantitative estimate of drug-likeness (QED) is 0.571. The number of aryl methyl sites for hydroxylation is 2. The highest BCUT2D eigenvalue weighted by molar-refractivity contribution is 5.96. The summed E-state index contributed by atoms with van der Waals surface area (Å²) in [6, 6.07) is 5.57. The molecule has 0 bridgehead atoms. The van der Waals surface area contributed by atoms with E-state index < -0.39 is 0 Å². The predicted molar refractivity (Wildman–Crippen MR) is 69.4 cm³/mol. The molecule has 0 fully saturated rings. The lowest BCUT2D eigenvalue weighted by Crippen LogP contribution is -2.42. The van der Waals surface area contributed by atoms with Crippen molar-refractivity contribution in [2.24, 2.45) is 10.7 Å². The Kier molecular flexibility index (Phi) is 4.09. The van der Waals surface area contributed by atoms with Crippen molar-refractivity contribution >= 4 is 17.7 Å². The van der Waals surface area contributed by atoms with E-state index in [1.54, 1.807) is 14.1 Å². The fraction of sp³-hybridized carbons (Fsp3) is 0.333. The summed E-state index contributed by atoms with van der Waals surface area (Å²) in [6.45, 7) is 3.90. The molecule has 2 amide bonds. The number of nitrogens with one attached hydrogen (secondary N) is 1. The maximum absolute atomic E-state index is 11.4. The smallest absolute Gasteiger partial charge is 0.323 e. The average Bonchev–Trinajstić information content (AvgIpc) is 2.23. The summed E-state index contributed by atoms with van der Waals surface area (Å²) in [5, 5.41) is 2.50. The Morgan fingerprint density at radius 2 is 1.82 bits per heavy atom. The number of hydrogen-bond donors (Lipinski definition) is 2. The number of para-hydroxylation sites is 1. The molecule has 0 radical (unpaired) electrons. The number of guanidine groups is 1. The molecule has 17 heavy (non-hydrogen) atoms. The van der Waals surface area contributed by atoms with Crippen LogP contribution in [0.1, 0.15) is 11.1 Å². The monoisotopic (exact) mass is 234 g/mol. The molecule has 0 heterocycles. The fourth-order valence-corrected chi connectivity index (χ4v) is 1.35. The van der Waals surface area contributed by atoms with Gasteiger partial charge in [-0.15, -0.1) is 0 Å². The van der Waals surface area contributed by atoms with Gasteiger partial charge in [0.25, 0.3) is 0 Å². The third kappa shape index (κ3) is 3.48. The number of carbonyl (C=O) groups is 1. The minimum atomic E-state index is -0.294. The van der Waals surface area contributed by atoms with Gasteiger partial charge >= 0.3 is 6.03 Å². The van der Waals surface area contributed by atoms with E-state index in [9.17, 15) is 4.79 Å². The first-order valence-corrected chi connectivity index (χ1v) is 5.30. The van der Waals surface area contributed by atoms with Crippen LogP contribution >= 0.6 is 0 Å². The van der Waals surface area contributed by atoms with Crippen molar-refractivity contribution in [2.45, 2.75) is 13.8 Å². The molecular weight excluding hydrogens is 216 g/mol. The molecule has 1 aromatic carbocycles. The molecule has 0 aliphatic rings. The number of hydrogen-bond acceptors (Lipinski definition) is 2. The van der Waals surface area contributed by atoms with Crippen LogP contribution in [0.15, 0.2) is 23.2 Å². The first-order chi connectivity index (χ1) is 7.91. The molecule has 0 atom stereocenters. The molecule has 92 valence electrons. The molecule has 0 saturated carbocycles. The van der Waals surface area contributed by atoms with E-state index in [0.717, 1.165) is 16.8 Å². The fourth-order valence-electron chi connectivity index (χ4n) is 1.35. The maximum atomic E-state index is 11.4. The van der Waals surface area contributed by atoms with Crippen molar-refractivity contribution in [1.82, 2.24) is 10.2 Å². The van der Waals surface area contributed by atoms with Crippen LogP contribution in [0.25, 0.3) is 0 Å². The zero-order chi connectivity index (χ0) is 13.0. The number of nitrogens with two attached hydrogens (primary N) is 1. The molecule has 5 nitrogen and oxygen atoms in total. The Hall–Kier alpha value is -2.04. The second-order valence-electron chi connectivity index (χ2n) is 4.06. The third-order valence-electron chi connectivity index (χ3n) is 2.31. The van der Waals surface area contributed by atoms with Gasteiger partial charge in [0.2, 0.25) is 5.96 Å². The van der Waals surface area contributed by atoms with Crippen molar-refractivity contribution in [3.63, 3.8) is 0 Å². The molecule has 0 saturated heterocycles. The summed E-state index contributed by atoms with van der Waals surface area (Å²) in [5.74, 6) is 0.0982. The number of benzene rings is 1. The molecular formula is C12H18N4O. The van der Waals surface area contributed by atoms with Crippen LogP contribution in [0, 0.1) is 13.8 Å². The summed E-state index contributed by atoms with van der Waals surface area (Å²) in [6.07, 6.45) is 0. The summed E-state index contributed by atoms with van der Waals surface area (Å²) in [5.41, 5.74) is 8.51. The SMILES string of the molecule is Cc1cccc(C)c1N=C(N)NC(=O)N(C)C. The van der Waals surface area contributed by atoms with Gasteiger partial charge in [-0.3, -0.25) is 5.32 Å². The van der Waals surface area contributed by atoms with Crippen molar-refractivity contribution in [3.8, 4) is 0 Å². The van der Waals surface area contributed by atoms with Crippen molar-refractivity contribution in [2.75, 3.05) is 14.1 Å². The van der Waals surface area contributed by atoms with Gasteiger partial charge in [0.1, 0.15) is 0 Å². The summed E-state index contributed by atoms with van der Waals surface area (Å²) in [7, 11) is 3.28. The van der Waals surface area contributed by atoms with E-state index in [0.29, 0.717) is 0 Å². The highest BCUT2D eigenvalue weighted by atomic mass is 16.2. The Morgan fingerprint density at radius 1 is 1.29 bits per heavy atom. The Morgan fingerprint density at radius 3 is 2.29 bits per heavy atom. The molecule has 0 aliphatic carbocycles. The summed E-state index contributed by atoms with van der Waals surface area (Å²) < 4.78 is 0. The van der Waals surface area contributed by atoms with Crippen LogP contribution in [-0.4, -0.2) is 31.0 Å². The molecule has 1 aromatic rings. The molecule has 0 spiro atoms. The molecule has 5 heteroatoms. The van der Waals surface area contributed by atoms with Crippen LogP contribution in [0.3, 0.4) is 0 Å². The van der Waals surface area contributed by atoms with E-state index in [1.807, 2.05) is 32.0 Å². The lowest BCUT2D eigenvalue weighted by atomic mass is 10.1. The normalized spacial score (nSPS) is 11.2. The van der Waals surface area contributed by atoms with E-state index >= 15 is 0 Å². The Labute approximate surface area is 101 Å². The zero-order valence-corrected chi connectivity index (χ0v) is 10.6. The van der Waals surface area contributed by atoms with Gasteiger partial charge in [0.15, 0.2) is 0 Å². The zero-order valence-electron chi connectivity index (χ0n) is 10.6. The second-order valence-corrected chi connectivity index (χ2v) is 4.06. The lowest BCUT2D eigenvalue weighted by molar-refractivity contribution is 0.222. The number of rotatable bonds is 1. The predicted octanol–water partition coefficient (Wildman–Crippen LogP) is 1.52. The van der Waals surface area contributed by atoms with Crippen molar-refractivity contribution in [3.05, 3.63) is 29.3 Å². The number of amides is 2. The van der Waals surface area contributed by atoms with E-state index in [4.69, 9.17) is 5.73 Å². The van der Waals surface area contributed by atoms with E-state index in [1.165, 1.54) is 4.90 Å². The van der Waals surface area contributed by atoms with Gasteiger partial charge < -0.3 is 10.6 Å². The Balaban J connectivity index is 2.92. The van der Waals surface area contributed by atoms with Gasteiger partial charge in [-0.25, -0.2) is 9.79 Å². The van der Waals surface area contributed by atoms with Crippen LogP contribution in [-0.2, 0) is 0 Å². The third-order valence-corrected chi connectivity index (χ3v) is 2.31. The lowest BCUT2D eigenvalue weighted by Gasteiger charge is -2.12. The first-order valence-electron chi connectivity index (χ1n) is 5.30. The molecule has 0 aliphatic heterocycles. The van der Waals surface area contributed by atoms with Gasteiger partial charge in [-0.2, -0.15) is 0 Å². The van der Waals surface area contributed by atoms with Crippen molar-refractivity contribution in [1.29, 1.82) is 0 Å². The van der Waals surface area contributed by atoms with Crippen molar-refractivity contribution < 1.29 is 4.79 Å². The summed E-state index contributed by atoms with van der Waals surface area (Å²) in [4.78, 5) is 17.0. The van der Waals surface area contributed by atoms with Crippen LogP contribution in [0.4, 0.5) is 10.5 Å². The molecule has 0 unspecified atom stereocenters. The highest BCUT2D eigenvalue weighted by Crippen LogP contribution is 2.22. The number of urea groups is 1. The van der Waals surface area contributed by atoms with Gasteiger partial charge in [-0.1, -0.05) is 18.2 Å². The minimum absolute atomic E-state index is 0.0982. The second kappa shape index (κ2) is 5.34. The molecule has 1 rings (SSSR count). The van der Waals surface area contributed by atoms with Crippen LogP contribution < -0.4 is 11.1 Å².